The number of anilines is 1. The number of alkyl halides is 3. The number of methoxy groups -OCH3 is 1. The highest BCUT2D eigenvalue weighted by Crippen LogP contribution is 2.36. The second kappa shape index (κ2) is 9.09. The van der Waals surface area contributed by atoms with Crippen molar-refractivity contribution in [3.8, 4) is 22.6 Å². The second-order valence-electron chi connectivity index (χ2n) is 7.87. The summed E-state index contributed by atoms with van der Waals surface area (Å²) in [6.07, 6.45) is -4.52. The van der Waals surface area contributed by atoms with E-state index >= 15 is 0 Å². The number of carbonyl (C=O) groups is 1. The number of para-hydroxylation sites is 1. The smallest absolute Gasteiger partial charge is 0.418 e. The first-order valence-electron chi connectivity index (χ1n) is 10.6. The van der Waals surface area contributed by atoms with Crippen LogP contribution >= 0.6 is 0 Å². The Morgan fingerprint density at radius 2 is 1.56 bits per heavy atom. The number of ether oxygens (including phenoxy) is 1. The van der Waals surface area contributed by atoms with Crippen molar-refractivity contribution >= 4 is 11.6 Å². The lowest BCUT2D eigenvalue weighted by Gasteiger charge is -2.17. The van der Waals surface area contributed by atoms with E-state index in [0.29, 0.717) is 22.8 Å². The van der Waals surface area contributed by atoms with Crippen LogP contribution in [-0.2, 0) is 6.18 Å². The number of hydrogen-bond donors (Lipinski definition) is 1. The third-order valence-electron chi connectivity index (χ3n) is 5.68. The van der Waals surface area contributed by atoms with Crippen LogP contribution in [-0.4, -0.2) is 17.6 Å². The monoisotopic (exact) mass is 464 g/mol. The van der Waals surface area contributed by atoms with E-state index in [4.69, 9.17) is 4.74 Å². The summed E-state index contributed by atoms with van der Waals surface area (Å²) in [5.41, 5.74) is 2.75. The van der Waals surface area contributed by atoms with Crippen LogP contribution in [0.5, 0.6) is 5.75 Å². The fourth-order valence-corrected chi connectivity index (χ4v) is 4.08. The van der Waals surface area contributed by atoms with Crippen LogP contribution in [0.3, 0.4) is 0 Å². The SMILES string of the molecule is COc1ccc(-c2ccccc2)cc1NC(=O)c1cc(C)n(-c2ccccc2C(F)(F)F)c1C. The molecule has 0 radical (unpaired) electrons. The van der Waals surface area contributed by atoms with Gasteiger partial charge in [0.15, 0.2) is 0 Å². The van der Waals surface area contributed by atoms with E-state index in [2.05, 4.69) is 5.32 Å². The molecule has 0 unspecified atom stereocenters. The van der Waals surface area contributed by atoms with Gasteiger partial charge >= 0.3 is 6.18 Å². The molecule has 4 nitrogen and oxygen atoms in total. The number of nitrogens with zero attached hydrogens (tertiary/aromatic N) is 1. The fraction of sp³-hybridized carbons (Fsp3) is 0.148. The minimum absolute atomic E-state index is 0.0206. The Morgan fingerprint density at radius 3 is 2.24 bits per heavy atom. The molecule has 0 saturated carbocycles. The van der Waals surface area contributed by atoms with Gasteiger partial charge in [0.1, 0.15) is 5.75 Å². The maximum atomic E-state index is 13.6. The molecule has 1 heterocycles. The molecular weight excluding hydrogens is 441 g/mol. The minimum atomic E-state index is -4.52. The van der Waals surface area contributed by atoms with E-state index in [1.54, 1.807) is 32.0 Å². The highest BCUT2D eigenvalue weighted by atomic mass is 19.4. The Bertz CT molecular complexity index is 1340. The fourth-order valence-electron chi connectivity index (χ4n) is 4.08. The van der Waals surface area contributed by atoms with Gasteiger partial charge in [-0.15, -0.1) is 0 Å². The van der Waals surface area contributed by atoms with Gasteiger partial charge in [-0.3, -0.25) is 4.79 Å². The maximum absolute atomic E-state index is 13.6. The zero-order valence-electron chi connectivity index (χ0n) is 18.9. The Hall–Kier alpha value is -4.00. The molecule has 1 amide bonds. The van der Waals surface area contributed by atoms with E-state index in [1.807, 2.05) is 42.5 Å². The van der Waals surface area contributed by atoms with Crippen molar-refractivity contribution in [3.63, 3.8) is 0 Å². The number of aromatic nitrogens is 1. The summed E-state index contributed by atoms with van der Waals surface area (Å²) in [6.45, 7) is 3.31. The highest BCUT2D eigenvalue weighted by molar-refractivity contribution is 6.06. The van der Waals surface area contributed by atoms with Crippen LogP contribution in [0.1, 0.15) is 27.3 Å². The Labute approximate surface area is 195 Å². The first-order valence-corrected chi connectivity index (χ1v) is 10.6. The van der Waals surface area contributed by atoms with Gasteiger partial charge < -0.3 is 14.6 Å². The first-order chi connectivity index (χ1) is 16.2. The van der Waals surface area contributed by atoms with Crippen LogP contribution in [0.2, 0.25) is 0 Å². The van der Waals surface area contributed by atoms with E-state index in [9.17, 15) is 18.0 Å². The van der Waals surface area contributed by atoms with E-state index in [0.717, 1.165) is 17.2 Å². The molecule has 174 valence electrons. The van der Waals surface area contributed by atoms with Crippen molar-refractivity contribution in [2.24, 2.45) is 0 Å². The molecule has 0 aliphatic carbocycles. The Morgan fingerprint density at radius 1 is 0.882 bits per heavy atom. The lowest BCUT2D eigenvalue weighted by Crippen LogP contribution is -2.15. The average Bonchev–Trinajstić information content (AvgIpc) is 3.12. The van der Waals surface area contributed by atoms with Gasteiger partial charge in [-0.25, -0.2) is 0 Å². The number of amides is 1. The number of nitrogens with one attached hydrogen (secondary N) is 1. The molecule has 7 heteroatoms. The highest BCUT2D eigenvalue weighted by Gasteiger charge is 2.34. The third kappa shape index (κ3) is 4.41. The molecule has 1 N–H and O–H groups in total. The van der Waals surface area contributed by atoms with Crippen LogP contribution < -0.4 is 10.1 Å². The topological polar surface area (TPSA) is 43.3 Å². The van der Waals surface area contributed by atoms with Crippen LogP contribution in [0.15, 0.2) is 78.9 Å². The molecule has 0 fully saturated rings. The maximum Gasteiger partial charge on any atom is 0.418 e. The van der Waals surface area contributed by atoms with Gasteiger partial charge in [0, 0.05) is 11.4 Å². The van der Waals surface area contributed by atoms with Crippen molar-refractivity contribution in [1.82, 2.24) is 4.57 Å². The molecule has 0 saturated heterocycles. The lowest BCUT2D eigenvalue weighted by atomic mass is 10.0. The quantitative estimate of drug-likeness (QED) is 0.344. The third-order valence-corrected chi connectivity index (χ3v) is 5.68. The molecule has 0 aliphatic rings. The predicted octanol–water partition coefficient (Wildman–Crippen LogP) is 7.04. The molecule has 1 aromatic heterocycles. The van der Waals surface area contributed by atoms with Gasteiger partial charge in [-0.05, 0) is 55.3 Å². The number of hydrogen-bond acceptors (Lipinski definition) is 2. The number of rotatable bonds is 5. The van der Waals surface area contributed by atoms with Gasteiger partial charge in [-0.2, -0.15) is 13.2 Å². The van der Waals surface area contributed by atoms with E-state index in [1.165, 1.54) is 23.8 Å². The molecule has 0 atom stereocenters. The van der Waals surface area contributed by atoms with Gasteiger partial charge in [0.05, 0.1) is 29.6 Å². The van der Waals surface area contributed by atoms with Gasteiger partial charge in [-0.1, -0.05) is 48.5 Å². The number of benzene rings is 3. The van der Waals surface area contributed by atoms with Crippen LogP contribution in [0, 0.1) is 13.8 Å². The van der Waals surface area contributed by atoms with Gasteiger partial charge in [0.2, 0.25) is 0 Å². The summed E-state index contributed by atoms with van der Waals surface area (Å²) in [5.74, 6) is 0.0385. The normalized spacial score (nSPS) is 11.4. The standard InChI is InChI=1S/C27H23F3N2O2/c1-17-15-21(18(2)32(17)24-12-8-7-11-22(24)27(28,29)30)26(33)31-23-16-20(13-14-25(23)34-3)19-9-5-4-6-10-19/h4-16H,1-3H3,(H,31,33). The zero-order chi connectivity index (χ0) is 24.5. The summed E-state index contributed by atoms with van der Waals surface area (Å²) in [6, 6.07) is 22.1. The molecule has 0 bridgehead atoms. The van der Waals surface area contributed by atoms with Gasteiger partial charge in [0.25, 0.3) is 5.91 Å². The van der Waals surface area contributed by atoms with Crippen LogP contribution in [0.4, 0.5) is 18.9 Å². The van der Waals surface area contributed by atoms with Crippen LogP contribution in [0.25, 0.3) is 16.8 Å². The summed E-state index contributed by atoms with van der Waals surface area (Å²) >= 11 is 0. The number of halogens is 3. The van der Waals surface area contributed by atoms with Crippen molar-refractivity contribution in [1.29, 1.82) is 0 Å². The van der Waals surface area contributed by atoms with E-state index < -0.39 is 17.6 Å². The predicted molar refractivity (Wildman–Crippen MR) is 127 cm³/mol. The Kier molecular flexibility index (Phi) is 6.20. The Balaban J connectivity index is 1.72. The lowest BCUT2D eigenvalue weighted by molar-refractivity contribution is -0.137. The summed E-state index contributed by atoms with van der Waals surface area (Å²) in [5, 5.41) is 2.87. The summed E-state index contributed by atoms with van der Waals surface area (Å²) in [7, 11) is 1.51. The molecule has 34 heavy (non-hydrogen) atoms. The number of carbonyl (C=O) groups excluding carboxylic acids is 1. The molecule has 3 aromatic carbocycles. The minimum Gasteiger partial charge on any atom is -0.495 e. The summed E-state index contributed by atoms with van der Waals surface area (Å²) < 4.78 is 47.7. The molecular formula is C27H23F3N2O2. The average molecular weight is 464 g/mol. The molecule has 4 rings (SSSR count). The van der Waals surface area contributed by atoms with Crippen molar-refractivity contribution < 1.29 is 22.7 Å². The largest absolute Gasteiger partial charge is 0.495 e. The first kappa shape index (κ1) is 23.2. The number of aryl methyl sites for hydroxylation is 1. The summed E-state index contributed by atoms with van der Waals surface area (Å²) in [4.78, 5) is 13.2. The van der Waals surface area contributed by atoms with Crippen molar-refractivity contribution in [2.75, 3.05) is 12.4 Å². The van der Waals surface area contributed by atoms with Crippen molar-refractivity contribution in [3.05, 3.63) is 101 Å². The second-order valence-corrected chi connectivity index (χ2v) is 7.87. The zero-order valence-corrected chi connectivity index (χ0v) is 18.9. The molecule has 0 aliphatic heterocycles. The molecule has 0 spiro atoms. The molecule has 4 aromatic rings. The van der Waals surface area contributed by atoms with E-state index in [-0.39, 0.29) is 11.3 Å². The van der Waals surface area contributed by atoms with Crippen molar-refractivity contribution in [2.45, 2.75) is 20.0 Å².